The van der Waals surface area contributed by atoms with E-state index in [1.807, 2.05) is 18.2 Å². The summed E-state index contributed by atoms with van der Waals surface area (Å²) >= 11 is 0. The predicted molar refractivity (Wildman–Crippen MR) is 159 cm³/mol. The number of urea groups is 1. The summed E-state index contributed by atoms with van der Waals surface area (Å²) in [5, 5.41) is 9.59. The van der Waals surface area contributed by atoms with Gasteiger partial charge in [0, 0.05) is 49.9 Å². The first-order valence-electron chi connectivity index (χ1n) is 13.9. The fraction of sp³-hybridized carbons (Fsp3) is 0.345. The molecule has 43 heavy (non-hydrogen) atoms. The molecule has 0 unspecified atom stereocenters. The number of aryl methyl sites for hydroxylation is 1. The Labute approximate surface area is 248 Å². The second kappa shape index (κ2) is 10.8. The Kier molecular flexibility index (Phi) is 7.16. The maximum absolute atomic E-state index is 12.8. The maximum atomic E-state index is 12.8. The van der Waals surface area contributed by atoms with Crippen molar-refractivity contribution >= 4 is 38.6 Å². The highest BCUT2D eigenvalue weighted by Crippen LogP contribution is 2.32. The molecule has 0 radical (unpaired) electrons. The lowest BCUT2D eigenvalue weighted by atomic mass is 9.79. The van der Waals surface area contributed by atoms with Gasteiger partial charge < -0.3 is 20.9 Å². The summed E-state index contributed by atoms with van der Waals surface area (Å²) in [6.07, 6.45) is 6.64. The summed E-state index contributed by atoms with van der Waals surface area (Å²) in [6, 6.07) is 8.63. The van der Waals surface area contributed by atoms with Crippen molar-refractivity contribution in [3.63, 3.8) is 0 Å². The number of pyridine rings is 3. The first kappa shape index (κ1) is 28.4. The lowest BCUT2D eigenvalue weighted by Crippen LogP contribution is -2.58. The van der Waals surface area contributed by atoms with Crippen molar-refractivity contribution in [1.82, 2.24) is 40.9 Å². The third-order valence-corrected chi connectivity index (χ3v) is 9.36. The molecule has 2 atom stereocenters. The molecule has 6 heterocycles. The van der Waals surface area contributed by atoms with Gasteiger partial charge in [0.1, 0.15) is 0 Å². The van der Waals surface area contributed by atoms with E-state index in [0.717, 1.165) is 24.6 Å². The standard InChI is InChI=1S/C29H31N9O4S/c1-17-15-38(9-7-29(17)16-34-28(40)37-29)27-30-8-6-23(36-27)22-5-4-19-12-32-21(11-24(19)35-22)14-33-26(39)20-10-25(43(3,41)42)18(2)31-13-20/h4-6,8,10-13,17H,7,9,14-16H2,1-3H3,(H,33,39)(H2,34,37,40)/t17-,29+/m0/s1. The molecular weight excluding hydrogens is 570 g/mol. The van der Waals surface area contributed by atoms with Crippen LogP contribution in [0, 0.1) is 12.8 Å². The van der Waals surface area contributed by atoms with E-state index in [9.17, 15) is 18.0 Å². The van der Waals surface area contributed by atoms with Crippen molar-refractivity contribution in [3.05, 3.63) is 65.9 Å². The van der Waals surface area contributed by atoms with Gasteiger partial charge in [-0.05, 0) is 49.6 Å². The highest BCUT2D eigenvalue weighted by atomic mass is 32.2. The lowest BCUT2D eigenvalue weighted by molar-refractivity contribution is 0.0949. The van der Waals surface area contributed by atoms with Gasteiger partial charge in [-0.2, -0.15) is 0 Å². The van der Waals surface area contributed by atoms with E-state index in [2.05, 4.69) is 42.7 Å². The van der Waals surface area contributed by atoms with E-state index in [-0.39, 0.29) is 34.5 Å². The van der Waals surface area contributed by atoms with Crippen molar-refractivity contribution in [3.8, 4) is 11.4 Å². The molecule has 4 aromatic rings. The average Bonchev–Trinajstić information content (AvgIpc) is 3.37. The van der Waals surface area contributed by atoms with E-state index in [4.69, 9.17) is 9.97 Å². The third kappa shape index (κ3) is 5.69. The number of carbonyl (C=O) groups is 2. The molecule has 6 rings (SSSR count). The number of nitrogens with zero attached hydrogens (tertiary/aromatic N) is 6. The van der Waals surface area contributed by atoms with Crippen LogP contribution in [0.5, 0.6) is 0 Å². The molecule has 4 aromatic heterocycles. The molecule has 0 bridgehead atoms. The molecule has 0 aromatic carbocycles. The van der Waals surface area contributed by atoms with E-state index in [1.54, 1.807) is 25.4 Å². The number of rotatable bonds is 6. The molecular formula is C29H31N9O4S. The molecule has 2 aliphatic rings. The molecule has 2 fully saturated rings. The highest BCUT2D eigenvalue weighted by Gasteiger charge is 2.45. The van der Waals surface area contributed by atoms with Gasteiger partial charge in [0.25, 0.3) is 5.91 Å². The normalized spacial score (nSPS) is 20.2. The molecule has 222 valence electrons. The van der Waals surface area contributed by atoms with Gasteiger partial charge in [-0.15, -0.1) is 0 Å². The minimum Gasteiger partial charge on any atom is -0.346 e. The first-order valence-corrected chi connectivity index (χ1v) is 15.7. The summed E-state index contributed by atoms with van der Waals surface area (Å²) in [6.45, 7) is 5.88. The second-order valence-electron chi connectivity index (χ2n) is 11.1. The van der Waals surface area contributed by atoms with Crippen LogP contribution in [0.3, 0.4) is 0 Å². The van der Waals surface area contributed by atoms with Gasteiger partial charge in [0.15, 0.2) is 9.84 Å². The van der Waals surface area contributed by atoms with Crippen molar-refractivity contribution in [2.24, 2.45) is 5.92 Å². The number of aromatic nitrogens is 5. The van der Waals surface area contributed by atoms with Crippen LogP contribution in [0.4, 0.5) is 10.7 Å². The van der Waals surface area contributed by atoms with E-state index >= 15 is 0 Å². The van der Waals surface area contributed by atoms with Crippen molar-refractivity contribution < 1.29 is 18.0 Å². The van der Waals surface area contributed by atoms with Gasteiger partial charge in [-0.3, -0.25) is 14.8 Å². The largest absolute Gasteiger partial charge is 0.346 e. The lowest BCUT2D eigenvalue weighted by Gasteiger charge is -2.43. The van der Waals surface area contributed by atoms with Crippen LogP contribution in [0.1, 0.15) is 35.1 Å². The van der Waals surface area contributed by atoms with Crippen LogP contribution in [0.25, 0.3) is 22.3 Å². The zero-order valence-electron chi connectivity index (χ0n) is 24.0. The number of fused-ring (bicyclic) bond motifs is 1. The fourth-order valence-corrected chi connectivity index (χ4v) is 6.52. The smallest absolute Gasteiger partial charge is 0.315 e. The quantitative estimate of drug-likeness (QED) is 0.297. The van der Waals surface area contributed by atoms with Crippen LogP contribution in [-0.2, 0) is 16.4 Å². The van der Waals surface area contributed by atoms with Crippen molar-refractivity contribution in [2.75, 3.05) is 30.8 Å². The molecule has 0 saturated carbocycles. The molecule has 0 aliphatic carbocycles. The summed E-state index contributed by atoms with van der Waals surface area (Å²) in [5.41, 5.74) is 2.86. The number of nitrogens with one attached hydrogen (secondary N) is 3. The van der Waals surface area contributed by atoms with Crippen LogP contribution < -0.4 is 20.9 Å². The minimum atomic E-state index is -3.52. The summed E-state index contributed by atoms with van der Waals surface area (Å²) in [4.78, 5) is 49.3. The first-order chi connectivity index (χ1) is 20.5. The predicted octanol–water partition coefficient (Wildman–Crippen LogP) is 2.02. The average molecular weight is 602 g/mol. The van der Waals surface area contributed by atoms with Crippen molar-refractivity contribution in [1.29, 1.82) is 0 Å². The van der Waals surface area contributed by atoms with E-state index in [0.29, 0.717) is 47.3 Å². The second-order valence-corrected chi connectivity index (χ2v) is 13.1. The number of anilines is 1. The molecule has 2 saturated heterocycles. The summed E-state index contributed by atoms with van der Waals surface area (Å²) in [5.74, 6) is 0.363. The van der Waals surface area contributed by atoms with Crippen LogP contribution in [0.2, 0.25) is 0 Å². The fourth-order valence-electron chi connectivity index (χ4n) is 5.59. The van der Waals surface area contributed by atoms with Crippen LogP contribution in [0.15, 0.2) is 53.8 Å². The zero-order valence-corrected chi connectivity index (χ0v) is 24.8. The van der Waals surface area contributed by atoms with Gasteiger partial charge in [-0.1, -0.05) is 6.92 Å². The van der Waals surface area contributed by atoms with Crippen molar-refractivity contribution in [2.45, 2.75) is 37.2 Å². The Morgan fingerprint density at radius 1 is 1.12 bits per heavy atom. The Morgan fingerprint density at radius 3 is 2.67 bits per heavy atom. The Morgan fingerprint density at radius 2 is 1.93 bits per heavy atom. The number of hydrogen-bond donors (Lipinski definition) is 3. The third-order valence-electron chi connectivity index (χ3n) is 8.14. The Hall–Kier alpha value is -4.72. The molecule has 2 aliphatic heterocycles. The molecule has 13 nitrogen and oxygen atoms in total. The molecule has 3 N–H and O–H groups in total. The van der Waals surface area contributed by atoms with Crippen LogP contribution >= 0.6 is 0 Å². The molecule has 14 heteroatoms. The number of sulfone groups is 1. The number of amides is 3. The van der Waals surface area contributed by atoms with E-state index < -0.39 is 15.7 Å². The van der Waals surface area contributed by atoms with E-state index in [1.165, 1.54) is 12.3 Å². The number of hydrogen-bond acceptors (Lipinski definition) is 10. The summed E-state index contributed by atoms with van der Waals surface area (Å²) in [7, 11) is -3.52. The highest BCUT2D eigenvalue weighted by molar-refractivity contribution is 7.90. The molecule has 3 amide bonds. The Balaban J connectivity index is 1.17. The van der Waals surface area contributed by atoms with Gasteiger partial charge in [0.2, 0.25) is 5.95 Å². The number of carbonyl (C=O) groups excluding carboxylic acids is 2. The SMILES string of the molecule is Cc1ncc(C(=O)NCc2cc3nc(-c4ccnc(N5CC[C@@]6(CNC(=O)N6)[C@@H](C)C5)n4)ccc3cn2)cc1S(C)(=O)=O. The summed E-state index contributed by atoms with van der Waals surface area (Å²) < 4.78 is 24.0. The Bertz CT molecular complexity index is 1870. The monoisotopic (exact) mass is 601 g/mol. The van der Waals surface area contributed by atoms with Gasteiger partial charge in [-0.25, -0.2) is 28.2 Å². The van der Waals surface area contributed by atoms with Crippen LogP contribution in [-0.4, -0.2) is 76.7 Å². The zero-order chi connectivity index (χ0) is 30.4. The minimum absolute atomic E-state index is 0.0203. The maximum Gasteiger partial charge on any atom is 0.315 e. The topological polar surface area (TPSA) is 172 Å². The molecule has 1 spiro atoms. The number of piperidine rings is 1. The van der Waals surface area contributed by atoms with Gasteiger partial charge >= 0.3 is 6.03 Å². The van der Waals surface area contributed by atoms with Gasteiger partial charge in [0.05, 0.1) is 50.8 Å².